The molecule has 0 heterocycles. The first-order valence-corrected chi connectivity index (χ1v) is 8.41. The highest BCUT2D eigenvalue weighted by Gasteiger charge is 2.18. The molecule has 0 aliphatic rings. The number of amides is 1. The zero-order chi connectivity index (χ0) is 19.1. The fourth-order valence-corrected chi connectivity index (χ4v) is 2.54. The summed E-state index contributed by atoms with van der Waals surface area (Å²) in [5, 5.41) is 13.7. The highest BCUT2D eigenvalue weighted by molar-refractivity contribution is 5.98. The standard InChI is InChI=1S/C21H18N2O4/c24-21(19-8-4-5-9-20(19)23(25)26)22-14-16-10-12-17(13-11-16)15-27-18-6-2-1-3-7-18/h1-13H,14-15H2,(H,22,24). The van der Waals surface area contributed by atoms with Gasteiger partial charge in [-0.25, -0.2) is 0 Å². The number of carbonyl (C=O) groups is 1. The Kier molecular flexibility index (Phi) is 5.79. The Bertz CT molecular complexity index is 924. The third kappa shape index (κ3) is 4.92. The molecule has 0 radical (unpaired) electrons. The second kappa shape index (κ2) is 8.62. The summed E-state index contributed by atoms with van der Waals surface area (Å²) in [6.45, 7) is 0.734. The van der Waals surface area contributed by atoms with E-state index in [1.165, 1.54) is 18.2 Å². The Morgan fingerprint density at radius 1 is 0.889 bits per heavy atom. The number of ether oxygens (including phenoxy) is 1. The van der Waals surface area contributed by atoms with Crippen LogP contribution in [0, 0.1) is 10.1 Å². The van der Waals surface area contributed by atoms with Crippen molar-refractivity contribution in [1.82, 2.24) is 5.32 Å². The molecule has 0 saturated heterocycles. The molecular formula is C21H18N2O4. The first kappa shape index (κ1) is 18.1. The highest BCUT2D eigenvalue weighted by Crippen LogP contribution is 2.17. The highest BCUT2D eigenvalue weighted by atomic mass is 16.6. The van der Waals surface area contributed by atoms with Crippen LogP contribution in [0.1, 0.15) is 21.5 Å². The van der Waals surface area contributed by atoms with Gasteiger partial charge in [0.2, 0.25) is 0 Å². The molecule has 6 nitrogen and oxygen atoms in total. The van der Waals surface area contributed by atoms with E-state index in [1.807, 2.05) is 54.6 Å². The van der Waals surface area contributed by atoms with Crippen LogP contribution in [0.4, 0.5) is 5.69 Å². The lowest BCUT2D eigenvalue weighted by atomic mass is 10.1. The molecule has 0 aromatic heterocycles. The number of nitrogens with zero attached hydrogens (tertiary/aromatic N) is 1. The first-order chi connectivity index (χ1) is 13.1. The van der Waals surface area contributed by atoms with Gasteiger partial charge in [-0.2, -0.15) is 0 Å². The van der Waals surface area contributed by atoms with Crippen molar-refractivity contribution >= 4 is 11.6 Å². The van der Waals surface area contributed by atoms with E-state index in [1.54, 1.807) is 6.07 Å². The molecule has 0 fully saturated rings. The van der Waals surface area contributed by atoms with Crippen LogP contribution in [-0.2, 0) is 13.2 Å². The molecule has 3 aromatic rings. The van der Waals surface area contributed by atoms with Crippen LogP contribution in [-0.4, -0.2) is 10.8 Å². The fourth-order valence-electron chi connectivity index (χ4n) is 2.54. The lowest BCUT2D eigenvalue weighted by Gasteiger charge is -2.08. The molecule has 0 bridgehead atoms. The predicted octanol–water partition coefficient (Wildman–Crippen LogP) is 4.10. The lowest BCUT2D eigenvalue weighted by Crippen LogP contribution is -2.23. The Balaban J connectivity index is 1.56. The van der Waals surface area contributed by atoms with Gasteiger partial charge in [0.25, 0.3) is 11.6 Å². The second-order valence-electron chi connectivity index (χ2n) is 5.88. The number of nitro groups is 1. The summed E-state index contributed by atoms with van der Waals surface area (Å²) >= 11 is 0. The van der Waals surface area contributed by atoms with Gasteiger partial charge in [-0.1, -0.05) is 54.6 Å². The van der Waals surface area contributed by atoms with Gasteiger partial charge in [-0.15, -0.1) is 0 Å². The van der Waals surface area contributed by atoms with Crippen LogP contribution in [0.2, 0.25) is 0 Å². The second-order valence-corrected chi connectivity index (χ2v) is 5.88. The van der Waals surface area contributed by atoms with Gasteiger partial charge in [-0.3, -0.25) is 14.9 Å². The van der Waals surface area contributed by atoms with Crippen LogP contribution >= 0.6 is 0 Å². The summed E-state index contributed by atoms with van der Waals surface area (Å²) in [6, 6.07) is 23.1. The zero-order valence-electron chi connectivity index (χ0n) is 14.5. The maximum Gasteiger partial charge on any atom is 0.282 e. The number of carbonyl (C=O) groups excluding carboxylic acids is 1. The maximum absolute atomic E-state index is 12.2. The summed E-state index contributed by atoms with van der Waals surface area (Å²) in [4.78, 5) is 22.7. The van der Waals surface area contributed by atoms with Crippen LogP contribution in [0.15, 0.2) is 78.9 Å². The quantitative estimate of drug-likeness (QED) is 0.507. The average Bonchev–Trinajstić information content (AvgIpc) is 2.72. The van der Waals surface area contributed by atoms with E-state index in [2.05, 4.69) is 5.32 Å². The van der Waals surface area contributed by atoms with Crippen molar-refractivity contribution in [2.45, 2.75) is 13.2 Å². The Labute approximate surface area is 156 Å². The number of nitro benzene ring substituents is 1. The SMILES string of the molecule is O=C(NCc1ccc(COc2ccccc2)cc1)c1ccccc1[N+](=O)[O-]. The van der Waals surface area contributed by atoms with Crippen LogP contribution in [0.3, 0.4) is 0 Å². The number of para-hydroxylation sites is 2. The van der Waals surface area contributed by atoms with Gasteiger partial charge in [0.1, 0.15) is 17.9 Å². The van der Waals surface area contributed by atoms with E-state index in [0.29, 0.717) is 6.61 Å². The topological polar surface area (TPSA) is 81.5 Å². The van der Waals surface area contributed by atoms with Crippen molar-refractivity contribution in [1.29, 1.82) is 0 Å². The van der Waals surface area contributed by atoms with Gasteiger partial charge in [0.05, 0.1) is 4.92 Å². The number of nitrogens with one attached hydrogen (secondary N) is 1. The van der Waals surface area contributed by atoms with E-state index in [4.69, 9.17) is 4.74 Å². The predicted molar refractivity (Wildman–Crippen MR) is 101 cm³/mol. The molecule has 0 aliphatic carbocycles. The van der Waals surface area contributed by atoms with Gasteiger partial charge < -0.3 is 10.1 Å². The molecule has 0 saturated carbocycles. The van der Waals surface area contributed by atoms with Crippen LogP contribution in [0.25, 0.3) is 0 Å². The van der Waals surface area contributed by atoms with E-state index in [-0.39, 0.29) is 17.8 Å². The average molecular weight is 362 g/mol. The van der Waals surface area contributed by atoms with Crippen molar-refractivity contribution in [2.24, 2.45) is 0 Å². The lowest BCUT2D eigenvalue weighted by molar-refractivity contribution is -0.385. The van der Waals surface area contributed by atoms with Crippen molar-refractivity contribution in [2.75, 3.05) is 0 Å². The van der Waals surface area contributed by atoms with Crippen molar-refractivity contribution in [3.63, 3.8) is 0 Å². The maximum atomic E-state index is 12.2. The van der Waals surface area contributed by atoms with Gasteiger partial charge >= 0.3 is 0 Å². The molecule has 0 unspecified atom stereocenters. The van der Waals surface area contributed by atoms with E-state index in [0.717, 1.165) is 16.9 Å². The summed E-state index contributed by atoms with van der Waals surface area (Å²) in [7, 11) is 0. The monoisotopic (exact) mass is 362 g/mol. The zero-order valence-corrected chi connectivity index (χ0v) is 14.5. The molecule has 1 amide bonds. The van der Waals surface area contributed by atoms with E-state index < -0.39 is 10.8 Å². The molecular weight excluding hydrogens is 344 g/mol. The molecule has 3 rings (SSSR count). The van der Waals surface area contributed by atoms with Gasteiger partial charge in [0, 0.05) is 12.6 Å². The first-order valence-electron chi connectivity index (χ1n) is 8.41. The van der Waals surface area contributed by atoms with Gasteiger partial charge in [-0.05, 0) is 29.3 Å². The molecule has 6 heteroatoms. The van der Waals surface area contributed by atoms with Crippen molar-refractivity contribution in [3.8, 4) is 5.75 Å². The molecule has 0 atom stereocenters. The minimum Gasteiger partial charge on any atom is -0.489 e. The van der Waals surface area contributed by atoms with E-state index >= 15 is 0 Å². The summed E-state index contributed by atoms with van der Waals surface area (Å²) in [5.41, 5.74) is 1.75. The van der Waals surface area contributed by atoms with E-state index in [9.17, 15) is 14.9 Å². The minimum atomic E-state index is -0.559. The van der Waals surface area contributed by atoms with Crippen LogP contribution in [0.5, 0.6) is 5.75 Å². The number of hydrogen-bond donors (Lipinski definition) is 1. The number of rotatable bonds is 7. The Morgan fingerprint density at radius 2 is 1.52 bits per heavy atom. The van der Waals surface area contributed by atoms with Crippen molar-refractivity contribution < 1.29 is 14.5 Å². The molecule has 1 N–H and O–H groups in total. The number of hydrogen-bond acceptors (Lipinski definition) is 4. The molecule has 27 heavy (non-hydrogen) atoms. The summed E-state index contributed by atoms with van der Waals surface area (Å²) in [6.07, 6.45) is 0. The smallest absolute Gasteiger partial charge is 0.282 e. The van der Waals surface area contributed by atoms with Gasteiger partial charge in [0.15, 0.2) is 0 Å². The summed E-state index contributed by atoms with van der Waals surface area (Å²) in [5.74, 6) is 0.331. The molecule has 0 spiro atoms. The molecule has 136 valence electrons. The Morgan fingerprint density at radius 3 is 2.22 bits per heavy atom. The minimum absolute atomic E-state index is 0.0513. The summed E-state index contributed by atoms with van der Waals surface area (Å²) < 4.78 is 5.69. The van der Waals surface area contributed by atoms with Crippen LogP contribution < -0.4 is 10.1 Å². The largest absolute Gasteiger partial charge is 0.489 e. The fraction of sp³-hybridized carbons (Fsp3) is 0.0952. The third-order valence-corrected chi connectivity index (χ3v) is 3.97. The Hall–Kier alpha value is -3.67. The molecule has 0 aliphatic heterocycles. The third-order valence-electron chi connectivity index (χ3n) is 3.97. The normalized spacial score (nSPS) is 10.2. The number of benzene rings is 3. The van der Waals surface area contributed by atoms with Crippen molar-refractivity contribution in [3.05, 3.63) is 106 Å². The molecule has 3 aromatic carbocycles.